The summed E-state index contributed by atoms with van der Waals surface area (Å²) in [7, 11) is 1.62. The Balaban J connectivity index is 1.71. The van der Waals surface area contributed by atoms with E-state index in [1.807, 2.05) is 13.0 Å². The molecular formula is C17H26N2O3. The molecule has 0 unspecified atom stereocenters. The van der Waals surface area contributed by atoms with E-state index in [1.165, 1.54) is 0 Å². The van der Waals surface area contributed by atoms with Crippen LogP contribution in [0.4, 0.5) is 0 Å². The molecule has 122 valence electrons. The maximum atomic E-state index is 12.2. The van der Waals surface area contributed by atoms with Crippen LogP contribution in [0.5, 0.6) is 5.75 Å². The Morgan fingerprint density at radius 2 is 2.14 bits per heavy atom. The zero-order valence-corrected chi connectivity index (χ0v) is 13.5. The zero-order valence-electron chi connectivity index (χ0n) is 13.5. The Labute approximate surface area is 132 Å². The van der Waals surface area contributed by atoms with Crippen molar-refractivity contribution < 1.29 is 14.6 Å². The fourth-order valence-corrected chi connectivity index (χ4v) is 2.76. The van der Waals surface area contributed by atoms with Crippen LogP contribution in [-0.2, 0) is 0 Å². The average Bonchev–Trinajstić information content (AvgIpc) is 2.52. The number of rotatable bonds is 6. The van der Waals surface area contributed by atoms with Crippen molar-refractivity contribution in [2.24, 2.45) is 0 Å². The van der Waals surface area contributed by atoms with E-state index in [-0.39, 0.29) is 12.0 Å². The number of hydrogen-bond acceptors (Lipinski definition) is 4. The smallest absolute Gasteiger partial charge is 0.251 e. The normalized spacial score (nSPS) is 16.5. The number of aliphatic hydroxyl groups excluding tert-OH is 1. The lowest BCUT2D eigenvalue weighted by atomic mass is 10.1. The highest BCUT2D eigenvalue weighted by atomic mass is 16.5. The topological polar surface area (TPSA) is 61.8 Å². The number of methoxy groups -OCH3 is 1. The molecule has 22 heavy (non-hydrogen) atoms. The summed E-state index contributed by atoms with van der Waals surface area (Å²) >= 11 is 0. The molecule has 1 aliphatic rings. The molecule has 5 nitrogen and oxygen atoms in total. The molecule has 0 spiro atoms. The number of amides is 1. The molecule has 2 N–H and O–H groups in total. The lowest BCUT2D eigenvalue weighted by Crippen LogP contribution is -2.37. The number of carbonyl (C=O) groups is 1. The van der Waals surface area contributed by atoms with Gasteiger partial charge in [0.1, 0.15) is 5.75 Å². The van der Waals surface area contributed by atoms with Crippen LogP contribution in [0.3, 0.4) is 0 Å². The van der Waals surface area contributed by atoms with Crippen molar-refractivity contribution in [2.45, 2.75) is 32.3 Å². The quantitative estimate of drug-likeness (QED) is 0.783. The number of nitrogens with zero attached hydrogens (tertiary/aromatic N) is 1. The Morgan fingerprint density at radius 1 is 1.41 bits per heavy atom. The number of benzene rings is 1. The van der Waals surface area contributed by atoms with E-state index < -0.39 is 0 Å². The molecule has 0 radical (unpaired) electrons. The minimum absolute atomic E-state index is 0.0331. The Kier molecular flexibility index (Phi) is 6.21. The molecule has 5 heteroatoms. The van der Waals surface area contributed by atoms with Gasteiger partial charge in [-0.05, 0) is 56.5 Å². The first kappa shape index (κ1) is 16.8. The molecule has 0 atom stereocenters. The van der Waals surface area contributed by atoms with Gasteiger partial charge in [0, 0.05) is 25.2 Å². The molecule has 0 saturated carbocycles. The molecule has 1 saturated heterocycles. The number of hydrogen-bond donors (Lipinski definition) is 2. The summed E-state index contributed by atoms with van der Waals surface area (Å²) in [4.78, 5) is 14.5. The third-order valence-corrected chi connectivity index (χ3v) is 4.17. The van der Waals surface area contributed by atoms with E-state index in [0.717, 1.165) is 50.2 Å². The number of carbonyl (C=O) groups excluding carboxylic acids is 1. The predicted octanol–water partition coefficient (Wildman–Crippen LogP) is 1.58. The predicted molar refractivity (Wildman–Crippen MR) is 86.4 cm³/mol. The molecule has 1 amide bonds. The van der Waals surface area contributed by atoms with Gasteiger partial charge in [0.25, 0.3) is 5.91 Å². The van der Waals surface area contributed by atoms with Crippen LogP contribution in [0.15, 0.2) is 18.2 Å². The van der Waals surface area contributed by atoms with Crippen LogP contribution in [-0.4, -0.2) is 55.3 Å². The number of aliphatic hydroxyl groups is 1. The highest BCUT2D eigenvalue weighted by Gasteiger charge is 2.16. The summed E-state index contributed by atoms with van der Waals surface area (Å²) in [5, 5.41) is 12.4. The van der Waals surface area contributed by atoms with E-state index in [9.17, 15) is 9.90 Å². The summed E-state index contributed by atoms with van der Waals surface area (Å²) in [6.07, 6.45) is 2.51. The van der Waals surface area contributed by atoms with Gasteiger partial charge in [0.2, 0.25) is 0 Å². The van der Waals surface area contributed by atoms with Gasteiger partial charge in [0.05, 0.1) is 13.2 Å². The lowest BCUT2D eigenvalue weighted by Gasteiger charge is -2.29. The number of aryl methyl sites for hydroxylation is 1. The lowest BCUT2D eigenvalue weighted by molar-refractivity contribution is 0.0816. The fourth-order valence-electron chi connectivity index (χ4n) is 2.76. The standard InChI is InChI=1S/C17H26N2O3/c1-13-12-15(22-2)4-5-16(13)17(21)18-8-3-9-19-10-6-14(20)7-11-19/h4-5,12,14,20H,3,6-11H2,1-2H3,(H,18,21). The zero-order chi connectivity index (χ0) is 15.9. The Morgan fingerprint density at radius 3 is 2.77 bits per heavy atom. The average molecular weight is 306 g/mol. The summed E-state index contributed by atoms with van der Waals surface area (Å²) in [5.74, 6) is 0.732. The molecule has 1 fully saturated rings. The third kappa shape index (κ3) is 4.71. The molecule has 0 aromatic heterocycles. The van der Waals surface area contributed by atoms with Gasteiger partial charge in [-0.2, -0.15) is 0 Å². The SMILES string of the molecule is COc1ccc(C(=O)NCCCN2CCC(O)CC2)c(C)c1. The second-order valence-corrected chi connectivity index (χ2v) is 5.86. The maximum Gasteiger partial charge on any atom is 0.251 e. The van der Waals surface area contributed by atoms with E-state index in [1.54, 1.807) is 19.2 Å². The van der Waals surface area contributed by atoms with E-state index in [2.05, 4.69) is 10.2 Å². The number of likely N-dealkylation sites (tertiary alicyclic amines) is 1. The first-order valence-corrected chi connectivity index (χ1v) is 7.93. The van der Waals surface area contributed by atoms with Crippen molar-refractivity contribution in [1.82, 2.24) is 10.2 Å². The second kappa shape index (κ2) is 8.15. The minimum atomic E-state index is -0.131. The fraction of sp³-hybridized carbons (Fsp3) is 0.588. The first-order chi connectivity index (χ1) is 10.6. The molecule has 1 aromatic rings. The van der Waals surface area contributed by atoms with Gasteiger partial charge in [-0.3, -0.25) is 4.79 Å². The third-order valence-electron chi connectivity index (χ3n) is 4.17. The van der Waals surface area contributed by atoms with Crippen molar-refractivity contribution >= 4 is 5.91 Å². The van der Waals surface area contributed by atoms with Gasteiger partial charge < -0.3 is 20.1 Å². The van der Waals surface area contributed by atoms with Crippen LogP contribution in [0, 0.1) is 6.92 Å². The molecule has 0 aliphatic carbocycles. The van der Waals surface area contributed by atoms with Crippen molar-refractivity contribution in [3.63, 3.8) is 0 Å². The molecular weight excluding hydrogens is 280 g/mol. The first-order valence-electron chi connectivity index (χ1n) is 7.93. The van der Waals surface area contributed by atoms with Gasteiger partial charge in [-0.1, -0.05) is 0 Å². The highest BCUT2D eigenvalue weighted by molar-refractivity contribution is 5.95. The van der Waals surface area contributed by atoms with Crippen LogP contribution in [0.2, 0.25) is 0 Å². The monoisotopic (exact) mass is 306 g/mol. The maximum absolute atomic E-state index is 12.2. The van der Waals surface area contributed by atoms with Gasteiger partial charge >= 0.3 is 0 Å². The molecule has 1 aliphatic heterocycles. The summed E-state index contributed by atoms with van der Waals surface area (Å²) < 4.78 is 5.15. The van der Waals surface area contributed by atoms with E-state index in [4.69, 9.17) is 4.74 Å². The second-order valence-electron chi connectivity index (χ2n) is 5.86. The minimum Gasteiger partial charge on any atom is -0.497 e. The summed E-state index contributed by atoms with van der Waals surface area (Å²) in [5.41, 5.74) is 1.61. The van der Waals surface area contributed by atoms with Gasteiger partial charge in [-0.15, -0.1) is 0 Å². The Bertz CT molecular complexity index is 497. The number of nitrogens with one attached hydrogen (secondary N) is 1. The number of piperidine rings is 1. The Hall–Kier alpha value is -1.59. The highest BCUT2D eigenvalue weighted by Crippen LogP contribution is 2.16. The van der Waals surface area contributed by atoms with E-state index in [0.29, 0.717) is 12.1 Å². The van der Waals surface area contributed by atoms with Crippen molar-refractivity contribution in [3.05, 3.63) is 29.3 Å². The molecule has 1 heterocycles. The summed E-state index contributed by atoms with van der Waals surface area (Å²) in [6, 6.07) is 5.48. The summed E-state index contributed by atoms with van der Waals surface area (Å²) in [6.45, 7) is 5.45. The molecule has 0 bridgehead atoms. The van der Waals surface area contributed by atoms with Gasteiger partial charge in [-0.25, -0.2) is 0 Å². The van der Waals surface area contributed by atoms with Crippen LogP contribution in [0.25, 0.3) is 0 Å². The number of ether oxygens (including phenoxy) is 1. The van der Waals surface area contributed by atoms with Crippen molar-refractivity contribution in [3.8, 4) is 5.75 Å². The molecule has 1 aromatic carbocycles. The van der Waals surface area contributed by atoms with Crippen LogP contribution >= 0.6 is 0 Å². The van der Waals surface area contributed by atoms with Crippen molar-refractivity contribution in [2.75, 3.05) is 33.3 Å². The van der Waals surface area contributed by atoms with E-state index >= 15 is 0 Å². The van der Waals surface area contributed by atoms with Crippen molar-refractivity contribution in [1.29, 1.82) is 0 Å². The van der Waals surface area contributed by atoms with Crippen LogP contribution in [0.1, 0.15) is 35.2 Å². The molecule has 2 rings (SSSR count). The van der Waals surface area contributed by atoms with Crippen LogP contribution < -0.4 is 10.1 Å². The van der Waals surface area contributed by atoms with Gasteiger partial charge in [0.15, 0.2) is 0 Å². The largest absolute Gasteiger partial charge is 0.497 e.